The second kappa shape index (κ2) is 5.87. The van der Waals surface area contributed by atoms with Gasteiger partial charge in [-0.3, -0.25) is 0 Å². The van der Waals surface area contributed by atoms with Gasteiger partial charge in [-0.05, 0) is 31.5 Å². The molecular weight excluding hydrogens is 252 g/mol. The minimum Gasteiger partial charge on any atom is -0.493 e. The summed E-state index contributed by atoms with van der Waals surface area (Å²) in [7, 11) is 0. The highest BCUT2D eigenvalue weighted by Gasteiger charge is 2.10. The molecule has 0 saturated carbocycles. The predicted octanol–water partition coefficient (Wildman–Crippen LogP) is 3.30. The zero-order chi connectivity index (χ0) is 13.0. The molecule has 1 aromatic carbocycles. The lowest BCUT2D eigenvalue weighted by atomic mass is 10.2. The van der Waals surface area contributed by atoms with E-state index in [-0.39, 0.29) is 5.38 Å². The van der Waals surface area contributed by atoms with Gasteiger partial charge in [0.05, 0.1) is 13.0 Å². The van der Waals surface area contributed by atoms with Gasteiger partial charge in [-0.1, -0.05) is 12.1 Å². The average Bonchev–Trinajstić information content (AvgIpc) is 2.78. The van der Waals surface area contributed by atoms with E-state index in [4.69, 9.17) is 20.8 Å². The van der Waals surface area contributed by atoms with Crippen molar-refractivity contribution < 1.29 is 9.15 Å². The summed E-state index contributed by atoms with van der Waals surface area (Å²) in [6.45, 7) is 4.32. The van der Waals surface area contributed by atoms with E-state index in [1.54, 1.807) is 6.92 Å². The smallest absolute Gasteiger partial charge is 0.234 e. The molecule has 0 spiro atoms. The first-order chi connectivity index (χ1) is 8.65. The van der Waals surface area contributed by atoms with Crippen LogP contribution in [0.25, 0.3) is 0 Å². The van der Waals surface area contributed by atoms with Crippen LogP contribution in [0.1, 0.15) is 29.6 Å². The second-order valence-corrected chi connectivity index (χ2v) is 4.72. The van der Waals surface area contributed by atoms with Crippen LogP contribution in [0.4, 0.5) is 0 Å². The summed E-state index contributed by atoms with van der Waals surface area (Å²) in [5, 5.41) is 7.50. The molecule has 2 aromatic rings. The third-order valence-corrected chi connectivity index (χ3v) is 2.58. The first-order valence-electron chi connectivity index (χ1n) is 5.81. The molecule has 1 unspecified atom stereocenters. The maximum Gasteiger partial charge on any atom is 0.234 e. The maximum atomic E-state index is 5.84. The number of aryl methyl sites for hydroxylation is 1. The minimum absolute atomic E-state index is 0.260. The van der Waals surface area contributed by atoms with E-state index < -0.39 is 0 Å². The van der Waals surface area contributed by atoms with Crippen LogP contribution in [-0.2, 0) is 6.42 Å². The summed E-state index contributed by atoms with van der Waals surface area (Å²) >= 11 is 5.84. The topological polar surface area (TPSA) is 48.2 Å². The molecule has 1 heterocycles. The zero-order valence-corrected chi connectivity index (χ0v) is 11.1. The number of hydrogen-bond donors (Lipinski definition) is 0. The minimum atomic E-state index is -0.260. The third kappa shape index (κ3) is 3.47. The summed E-state index contributed by atoms with van der Waals surface area (Å²) < 4.78 is 11.0. The molecule has 0 saturated heterocycles. The molecule has 0 N–H and O–H groups in total. The zero-order valence-electron chi connectivity index (χ0n) is 10.4. The first kappa shape index (κ1) is 12.9. The Bertz CT molecular complexity index is 511. The van der Waals surface area contributed by atoms with E-state index in [0.717, 1.165) is 5.75 Å². The lowest BCUT2D eigenvalue weighted by molar-refractivity contribution is 0.303. The highest BCUT2D eigenvalue weighted by Crippen LogP contribution is 2.17. The van der Waals surface area contributed by atoms with Crippen LogP contribution in [0.2, 0.25) is 0 Å². The van der Waals surface area contributed by atoms with Gasteiger partial charge in [0, 0.05) is 0 Å². The molecule has 1 aromatic heterocycles. The van der Waals surface area contributed by atoms with E-state index >= 15 is 0 Å². The van der Waals surface area contributed by atoms with Crippen molar-refractivity contribution in [2.45, 2.75) is 25.6 Å². The third-order valence-electron chi connectivity index (χ3n) is 2.40. The van der Waals surface area contributed by atoms with Gasteiger partial charge >= 0.3 is 0 Å². The van der Waals surface area contributed by atoms with Gasteiger partial charge in [0.25, 0.3) is 0 Å². The quantitative estimate of drug-likeness (QED) is 0.779. The van der Waals surface area contributed by atoms with Crippen molar-refractivity contribution in [1.82, 2.24) is 10.2 Å². The molecule has 0 radical (unpaired) electrons. The Morgan fingerprint density at radius 3 is 2.89 bits per heavy atom. The molecule has 0 amide bonds. The van der Waals surface area contributed by atoms with Gasteiger partial charge in [-0.2, -0.15) is 0 Å². The number of alkyl halides is 1. The fourth-order valence-electron chi connectivity index (χ4n) is 1.49. The standard InChI is InChI=1S/C13H15ClN2O2/c1-9-4-3-5-11(8-9)17-7-6-12-15-16-13(18-12)10(2)14/h3-5,8,10H,6-7H2,1-2H3. The number of nitrogens with zero attached hydrogens (tertiary/aromatic N) is 2. The van der Waals surface area contributed by atoms with E-state index in [9.17, 15) is 0 Å². The van der Waals surface area contributed by atoms with Crippen molar-refractivity contribution in [2.24, 2.45) is 0 Å². The van der Waals surface area contributed by atoms with Gasteiger partial charge < -0.3 is 9.15 Å². The normalized spacial score (nSPS) is 12.4. The van der Waals surface area contributed by atoms with E-state index in [1.165, 1.54) is 5.56 Å². The van der Waals surface area contributed by atoms with Crippen LogP contribution in [-0.4, -0.2) is 16.8 Å². The number of benzene rings is 1. The summed E-state index contributed by atoms with van der Waals surface area (Å²) in [6.07, 6.45) is 0.574. The van der Waals surface area contributed by atoms with Crippen LogP contribution < -0.4 is 4.74 Å². The average molecular weight is 267 g/mol. The first-order valence-corrected chi connectivity index (χ1v) is 6.24. The summed E-state index contributed by atoms with van der Waals surface area (Å²) in [4.78, 5) is 0. The molecule has 18 heavy (non-hydrogen) atoms. The Kier molecular flexibility index (Phi) is 4.20. The van der Waals surface area contributed by atoms with Crippen LogP contribution >= 0.6 is 11.6 Å². The van der Waals surface area contributed by atoms with Crippen molar-refractivity contribution in [2.75, 3.05) is 6.61 Å². The SMILES string of the molecule is Cc1cccc(OCCc2nnc(C(C)Cl)o2)c1. The Balaban J connectivity index is 1.84. The summed E-state index contributed by atoms with van der Waals surface area (Å²) in [6, 6.07) is 7.90. The fourth-order valence-corrected chi connectivity index (χ4v) is 1.58. The van der Waals surface area contributed by atoms with Gasteiger partial charge in [-0.25, -0.2) is 0 Å². The molecule has 0 aliphatic carbocycles. The largest absolute Gasteiger partial charge is 0.493 e. The van der Waals surface area contributed by atoms with Gasteiger partial charge in [-0.15, -0.1) is 21.8 Å². The molecule has 0 fully saturated rings. The fraction of sp³-hybridized carbons (Fsp3) is 0.385. The van der Waals surface area contributed by atoms with E-state index in [2.05, 4.69) is 10.2 Å². The highest BCUT2D eigenvalue weighted by molar-refractivity contribution is 6.20. The van der Waals surface area contributed by atoms with Crippen molar-refractivity contribution in [3.05, 3.63) is 41.6 Å². The molecule has 96 valence electrons. The second-order valence-electron chi connectivity index (χ2n) is 4.07. The van der Waals surface area contributed by atoms with Gasteiger partial charge in [0.15, 0.2) is 0 Å². The summed E-state index contributed by atoms with van der Waals surface area (Å²) in [5.74, 6) is 1.84. The van der Waals surface area contributed by atoms with Crippen molar-refractivity contribution >= 4 is 11.6 Å². The number of hydrogen-bond acceptors (Lipinski definition) is 4. The Morgan fingerprint density at radius 1 is 1.39 bits per heavy atom. The van der Waals surface area contributed by atoms with E-state index in [0.29, 0.717) is 24.8 Å². The summed E-state index contributed by atoms with van der Waals surface area (Å²) in [5.41, 5.74) is 1.17. The molecular formula is C13H15ClN2O2. The molecule has 0 aliphatic rings. The molecule has 4 nitrogen and oxygen atoms in total. The van der Waals surface area contributed by atoms with Crippen LogP contribution in [0.3, 0.4) is 0 Å². The lowest BCUT2D eigenvalue weighted by Gasteiger charge is -2.04. The molecule has 1 atom stereocenters. The van der Waals surface area contributed by atoms with Crippen molar-refractivity contribution in [3.8, 4) is 5.75 Å². The van der Waals surface area contributed by atoms with Crippen molar-refractivity contribution in [1.29, 1.82) is 0 Å². The monoisotopic (exact) mass is 266 g/mol. The Morgan fingerprint density at radius 2 is 2.22 bits per heavy atom. The molecule has 2 rings (SSSR count). The highest BCUT2D eigenvalue weighted by atomic mass is 35.5. The van der Waals surface area contributed by atoms with Gasteiger partial charge in [0.2, 0.25) is 11.8 Å². The van der Waals surface area contributed by atoms with E-state index in [1.807, 2.05) is 31.2 Å². The van der Waals surface area contributed by atoms with Crippen LogP contribution in [0, 0.1) is 6.92 Å². The van der Waals surface area contributed by atoms with Crippen LogP contribution in [0.15, 0.2) is 28.7 Å². The van der Waals surface area contributed by atoms with Crippen molar-refractivity contribution in [3.63, 3.8) is 0 Å². The number of aromatic nitrogens is 2. The Labute approximate surface area is 111 Å². The predicted molar refractivity (Wildman–Crippen MR) is 68.9 cm³/mol. The van der Waals surface area contributed by atoms with Gasteiger partial charge in [0.1, 0.15) is 11.1 Å². The lowest BCUT2D eigenvalue weighted by Crippen LogP contribution is -2.01. The maximum absolute atomic E-state index is 5.84. The number of ether oxygens (including phenoxy) is 1. The van der Waals surface area contributed by atoms with Crippen LogP contribution in [0.5, 0.6) is 5.75 Å². The Hall–Kier alpha value is -1.55. The number of rotatable bonds is 5. The molecule has 0 bridgehead atoms. The number of halogens is 1. The molecule has 0 aliphatic heterocycles. The molecule has 5 heteroatoms.